The third-order valence-electron chi connectivity index (χ3n) is 8.26. The number of aryl methyl sites for hydroxylation is 2. The molecule has 7 heteroatoms. The Morgan fingerprint density at radius 1 is 1.16 bits per heavy atom. The topological polar surface area (TPSA) is 31.4 Å². The van der Waals surface area contributed by atoms with Crippen LogP contribution in [0.3, 0.4) is 0 Å². The van der Waals surface area contributed by atoms with Crippen molar-refractivity contribution in [1.82, 2.24) is 4.98 Å². The number of thiazole rings is 1. The maximum Gasteiger partial charge on any atom is 0.192 e. The van der Waals surface area contributed by atoms with E-state index in [1.807, 2.05) is 19.1 Å². The van der Waals surface area contributed by atoms with Crippen molar-refractivity contribution in [3.63, 3.8) is 0 Å². The molecule has 0 N–H and O–H groups in total. The Balaban J connectivity index is 1.55. The molecule has 3 aromatic rings. The summed E-state index contributed by atoms with van der Waals surface area (Å²) in [6, 6.07) is 9.68. The normalized spacial score (nSPS) is 15.1. The highest BCUT2D eigenvalue weighted by molar-refractivity contribution is 7.12. The number of hydrogen-bond acceptors (Lipinski definition) is 4. The zero-order valence-corrected chi connectivity index (χ0v) is 26.6. The van der Waals surface area contributed by atoms with E-state index < -0.39 is 8.32 Å². The van der Waals surface area contributed by atoms with Crippen LogP contribution in [0.1, 0.15) is 72.5 Å². The molecule has 0 spiro atoms. The van der Waals surface area contributed by atoms with Crippen molar-refractivity contribution in [2.24, 2.45) is 5.92 Å². The van der Waals surface area contributed by atoms with Gasteiger partial charge in [-0.05, 0) is 79.6 Å². The van der Waals surface area contributed by atoms with Gasteiger partial charge in [0.15, 0.2) is 8.32 Å². The van der Waals surface area contributed by atoms with Crippen LogP contribution in [0, 0.1) is 25.6 Å². The van der Waals surface area contributed by atoms with Gasteiger partial charge >= 0.3 is 0 Å². The molecule has 206 valence electrons. The fourth-order valence-electron chi connectivity index (χ4n) is 4.57. The quantitative estimate of drug-likeness (QED) is 0.226. The standard InChI is InChI=1S/C31H41ClFNO2SSi/c1-19-13-25(26(32)17-28(19)35-6)30-20(2)37-29(34-30)16-24(14-21-9-10-21)22-11-12-23(27(33)15-22)18-36-38(7,8)31(3,4)5/h11-13,15,17,21,24H,9-10,14,16,18H2,1-8H3. The van der Waals surface area contributed by atoms with Crippen LogP contribution in [0.4, 0.5) is 4.39 Å². The van der Waals surface area contributed by atoms with Crippen LogP contribution in [0.25, 0.3) is 11.3 Å². The lowest BCUT2D eigenvalue weighted by molar-refractivity contribution is 0.271. The lowest BCUT2D eigenvalue weighted by Crippen LogP contribution is -2.40. The van der Waals surface area contributed by atoms with E-state index in [1.54, 1.807) is 24.5 Å². The molecule has 2 aromatic carbocycles. The number of ether oxygens (including phenoxy) is 1. The summed E-state index contributed by atoms with van der Waals surface area (Å²) in [7, 11) is -0.291. The van der Waals surface area contributed by atoms with Gasteiger partial charge in [0.25, 0.3) is 0 Å². The van der Waals surface area contributed by atoms with Crippen molar-refractivity contribution in [3.05, 3.63) is 67.7 Å². The molecule has 1 unspecified atom stereocenters. The summed E-state index contributed by atoms with van der Waals surface area (Å²) in [5.74, 6) is 1.57. The van der Waals surface area contributed by atoms with E-state index in [1.165, 1.54) is 12.8 Å². The summed E-state index contributed by atoms with van der Waals surface area (Å²) in [6.07, 6.45) is 4.39. The Morgan fingerprint density at radius 3 is 2.47 bits per heavy atom. The minimum atomic E-state index is -1.94. The highest BCUT2D eigenvalue weighted by atomic mass is 35.5. The zero-order chi connectivity index (χ0) is 27.8. The fourth-order valence-corrected chi connectivity index (χ4v) is 6.79. The van der Waals surface area contributed by atoms with E-state index in [0.29, 0.717) is 17.2 Å². The van der Waals surface area contributed by atoms with Gasteiger partial charge in [0.2, 0.25) is 0 Å². The lowest BCUT2D eigenvalue weighted by atomic mass is 9.90. The van der Waals surface area contributed by atoms with Crippen molar-refractivity contribution in [3.8, 4) is 17.0 Å². The molecule has 0 amide bonds. The van der Waals surface area contributed by atoms with Crippen molar-refractivity contribution in [1.29, 1.82) is 0 Å². The maximum atomic E-state index is 15.3. The van der Waals surface area contributed by atoms with Crippen LogP contribution in [-0.4, -0.2) is 20.4 Å². The SMILES string of the molecule is COc1cc(Cl)c(-c2nc(CC(CC3CC3)c3ccc(CO[Si](C)(C)C(C)(C)C)c(F)c3)sc2C)cc1C. The molecule has 1 saturated carbocycles. The Morgan fingerprint density at radius 2 is 1.87 bits per heavy atom. The third kappa shape index (κ3) is 6.69. The van der Waals surface area contributed by atoms with Gasteiger partial charge < -0.3 is 9.16 Å². The van der Waals surface area contributed by atoms with Gasteiger partial charge in [-0.1, -0.05) is 57.3 Å². The van der Waals surface area contributed by atoms with Crippen molar-refractivity contribution < 1.29 is 13.6 Å². The van der Waals surface area contributed by atoms with Crippen molar-refractivity contribution in [2.45, 2.75) is 91.0 Å². The van der Waals surface area contributed by atoms with Crippen LogP contribution < -0.4 is 4.74 Å². The lowest BCUT2D eigenvalue weighted by Gasteiger charge is -2.36. The number of hydrogen-bond donors (Lipinski definition) is 0. The molecule has 1 aromatic heterocycles. The number of methoxy groups -OCH3 is 1. The molecular weight excluding hydrogens is 533 g/mol. The van der Waals surface area contributed by atoms with Gasteiger partial charge in [-0.15, -0.1) is 11.3 Å². The largest absolute Gasteiger partial charge is 0.496 e. The van der Waals surface area contributed by atoms with E-state index in [4.69, 9.17) is 25.7 Å². The molecule has 38 heavy (non-hydrogen) atoms. The molecule has 0 saturated heterocycles. The average molecular weight is 574 g/mol. The minimum absolute atomic E-state index is 0.0954. The summed E-state index contributed by atoms with van der Waals surface area (Å²) < 4.78 is 27.0. The molecular formula is C31H41ClFNO2SSi. The number of halogens is 2. The summed E-state index contributed by atoms with van der Waals surface area (Å²) in [6.45, 7) is 15.5. The third-order valence-corrected chi connectivity index (χ3v) is 14.0. The highest BCUT2D eigenvalue weighted by Crippen LogP contribution is 2.42. The monoisotopic (exact) mass is 573 g/mol. The number of rotatable bonds is 10. The van der Waals surface area contributed by atoms with Gasteiger partial charge in [0.05, 0.1) is 29.4 Å². The number of aromatic nitrogens is 1. The van der Waals surface area contributed by atoms with Gasteiger partial charge in [-0.2, -0.15) is 0 Å². The van der Waals surface area contributed by atoms with Crippen LogP contribution in [0.5, 0.6) is 5.75 Å². The highest BCUT2D eigenvalue weighted by Gasteiger charge is 2.37. The van der Waals surface area contributed by atoms with E-state index >= 15 is 4.39 Å². The van der Waals surface area contributed by atoms with Crippen LogP contribution in [0.2, 0.25) is 23.2 Å². The van der Waals surface area contributed by atoms with Gasteiger partial charge in [-0.25, -0.2) is 9.37 Å². The molecule has 1 atom stereocenters. The predicted molar refractivity (Wildman–Crippen MR) is 161 cm³/mol. The maximum absolute atomic E-state index is 15.3. The Bertz CT molecular complexity index is 1300. The van der Waals surface area contributed by atoms with E-state index in [2.05, 4.69) is 52.9 Å². The molecule has 0 radical (unpaired) electrons. The first-order valence-electron chi connectivity index (χ1n) is 13.5. The molecule has 3 nitrogen and oxygen atoms in total. The van der Waals surface area contributed by atoms with Gasteiger partial charge in [-0.3, -0.25) is 0 Å². The van der Waals surface area contributed by atoms with Crippen molar-refractivity contribution in [2.75, 3.05) is 7.11 Å². The van der Waals surface area contributed by atoms with Crippen LogP contribution in [-0.2, 0) is 17.5 Å². The smallest absolute Gasteiger partial charge is 0.192 e. The molecule has 1 aliphatic carbocycles. The zero-order valence-electron chi connectivity index (χ0n) is 24.0. The molecule has 1 fully saturated rings. The predicted octanol–water partition coefficient (Wildman–Crippen LogP) is 9.88. The minimum Gasteiger partial charge on any atom is -0.496 e. The second kappa shape index (κ2) is 11.4. The summed E-state index contributed by atoms with van der Waals surface area (Å²) >= 11 is 8.34. The Hall–Kier alpha value is -1.73. The van der Waals surface area contributed by atoms with Gasteiger partial charge in [0.1, 0.15) is 11.6 Å². The summed E-state index contributed by atoms with van der Waals surface area (Å²) in [5, 5.41) is 1.80. The van der Waals surface area contributed by atoms with E-state index in [9.17, 15) is 0 Å². The van der Waals surface area contributed by atoms with Crippen LogP contribution in [0.15, 0.2) is 30.3 Å². The molecule has 1 aliphatic rings. The van der Waals surface area contributed by atoms with Crippen molar-refractivity contribution >= 4 is 31.3 Å². The first-order valence-corrected chi connectivity index (χ1v) is 17.6. The Kier molecular flexibility index (Phi) is 8.78. The molecule has 4 rings (SSSR count). The molecule has 1 heterocycles. The Labute approximate surface area is 237 Å². The molecule has 0 aliphatic heterocycles. The first kappa shape index (κ1) is 29.3. The number of benzene rings is 2. The fraction of sp³-hybridized carbons (Fsp3) is 0.516. The second-order valence-corrected chi connectivity index (χ2v) is 18.8. The van der Waals surface area contributed by atoms with Gasteiger partial charge in [0, 0.05) is 22.4 Å². The first-order chi connectivity index (χ1) is 17.8. The van der Waals surface area contributed by atoms with Crippen LogP contribution >= 0.6 is 22.9 Å². The van der Waals surface area contributed by atoms with E-state index in [0.717, 1.165) is 56.8 Å². The molecule has 0 bridgehead atoms. The van der Waals surface area contributed by atoms with E-state index in [-0.39, 0.29) is 16.8 Å². The second-order valence-electron chi connectivity index (χ2n) is 12.3. The average Bonchev–Trinajstić information content (AvgIpc) is 3.58. The number of nitrogens with zero attached hydrogens (tertiary/aromatic N) is 1. The summed E-state index contributed by atoms with van der Waals surface area (Å²) in [5.41, 5.74) is 4.58. The summed E-state index contributed by atoms with van der Waals surface area (Å²) in [4.78, 5) is 6.17.